The van der Waals surface area contributed by atoms with Crippen molar-refractivity contribution in [3.63, 3.8) is 0 Å². The van der Waals surface area contributed by atoms with E-state index in [0.717, 1.165) is 21.7 Å². The minimum absolute atomic E-state index is 0.883. The number of hydrogen-bond donors (Lipinski definition) is 0. The summed E-state index contributed by atoms with van der Waals surface area (Å²) in [6.45, 7) is 1.86. The number of thioether (sulfide) groups is 1. The Bertz CT molecular complexity index is 310. The van der Waals surface area contributed by atoms with Crippen molar-refractivity contribution in [2.45, 2.75) is 12.7 Å². The molecule has 0 atom stereocenters. The maximum Gasteiger partial charge on any atom is 0.0551 e. The summed E-state index contributed by atoms with van der Waals surface area (Å²) in [5.74, 6) is 7.69. The molecule has 0 amide bonds. The molecule has 0 spiro atoms. The van der Waals surface area contributed by atoms with Gasteiger partial charge in [-0.3, -0.25) is 4.98 Å². The van der Waals surface area contributed by atoms with Crippen LogP contribution in [0.15, 0.2) is 22.8 Å². The Morgan fingerprint density at radius 1 is 1.54 bits per heavy atom. The highest BCUT2D eigenvalue weighted by Gasteiger charge is 1.93. The molecule has 0 unspecified atom stereocenters. The third-order valence-corrected chi connectivity index (χ3v) is 2.71. The minimum Gasteiger partial charge on any atom is -0.259 e. The van der Waals surface area contributed by atoms with Gasteiger partial charge in [-0.05, 0) is 35.0 Å². The Morgan fingerprint density at radius 2 is 2.38 bits per heavy atom. The van der Waals surface area contributed by atoms with E-state index in [4.69, 9.17) is 0 Å². The standard InChI is InChI=1S/C10H10BrNS/c1-2-3-6-13-8-10-5-4-9(11)7-12-10/h4-5,7H,6,8H2,1H3. The smallest absolute Gasteiger partial charge is 0.0551 e. The van der Waals surface area contributed by atoms with Gasteiger partial charge in [0.15, 0.2) is 0 Å². The lowest BCUT2D eigenvalue weighted by Gasteiger charge is -1.97. The van der Waals surface area contributed by atoms with Crippen LogP contribution >= 0.6 is 27.7 Å². The summed E-state index contributed by atoms with van der Waals surface area (Å²) in [6, 6.07) is 4.03. The van der Waals surface area contributed by atoms with Crippen molar-refractivity contribution in [2.75, 3.05) is 5.75 Å². The third kappa shape index (κ3) is 4.35. The predicted octanol–water partition coefficient (Wildman–Crippen LogP) is 3.10. The maximum absolute atomic E-state index is 4.26. The molecule has 0 aliphatic carbocycles. The lowest BCUT2D eigenvalue weighted by atomic mass is 10.4. The molecule has 0 aromatic carbocycles. The van der Waals surface area contributed by atoms with Gasteiger partial charge in [0, 0.05) is 16.4 Å². The summed E-state index contributed by atoms with van der Waals surface area (Å²) >= 11 is 5.13. The molecule has 0 bridgehead atoms. The number of rotatable bonds is 3. The van der Waals surface area contributed by atoms with Crippen LogP contribution in [0.25, 0.3) is 0 Å². The molecule has 0 saturated carbocycles. The quantitative estimate of drug-likeness (QED) is 0.608. The van der Waals surface area contributed by atoms with Crippen LogP contribution < -0.4 is 0 Å². The second-order valence-corrected chi connectivity index (χ2v) is 4.29. The summed E-state index contributed by atoms with van der Waals surface area (Å²) in [4.78, 5) is 4.26. The van der Waals surface area contributed by atoms with Crippen LogP contribution in [-0.4, -0.2) is 10.7 Å². The zero-order valence-electron chi connectivity index (χ0n) is 7.38. The van der Waals surface area contributed by atoms with Gasteiger partial charge >= 0.3 is 0 Å². The topological polar surface area (TPSA) is 12.9 Å². The van der Waals surface area contributed by atoms with Gasteiger partial charge < -0.3 is 0 Å². The largest absolute Gasteiger partial charge is 0.259 e. The lowest BCUT2D eigenvalue weighted by molar-refractivity contribution is 1.17. The van der Waals surface area contributed by atoms with Crippen LogP contribution in [0.1, 0.15) is 12.6 Å². The zero-order chi connectivity index (χ0) is 9.52. The SMILES string of the molecule is CC#CCSCc1ccc(Br)cn1. The normalized spacial score (nSPS) is 9.08. The van der Waals surface area contributed by atoms with Gasteiger partial charge in [0.2, 0.25) is 0 Å². The van der Waals surface area contributed by atoms with E-state index in [-0.39, 0.29) is 0 Å². The molecule has 1 aromatic heterocycles. The average Bonchev–Trinajstić information content (AvgIpc) is 2.15. The molecule has 0 fully saturated rings. The van der Waals surface area contributed by atoms with Gasteiger partial charge in [0.25, 0.3) is 0 Å². The summed E-state index contributed by atoms with van der Waals surface area (Å²) < 4.78 is 1.02. The van der Waals surface area contributed by atoms with E-state index in [9.17, 15) is 0 Å². The van der Waals surface area contributed by atoms with Crippen LogP contribution in [-0.2, 0) is 5.75 Å². The van der Waals surface area contributed by atoms with Crippen molar-refractivity contribution in [3.8, 4) is 11.8 Å². The van der Waals surface area contributed by atoms with Gasteiger partial charge in [0.05, 0.1) is 11.4 Å². The van der Waals surface area contributed by atoms with Gasteiger partial charge in [0.1, 0.15) is 0 Å². The van der Waals surface area contributed by atoms with Crippen LogP contribution in [0.2, 0.25) is 0 Å². The summed E-state index contributed by atoms with van der Waals surface area (Å²) in [6.07, 6.45) is 1.82. The number of halogens is 1. The van der Waals surface area contributed by atoms with Crippen molar-refractivity contribution in [2.24, 2.45) is 0 Å². The highest BCUT2D eigenvalue weighted by molar-refractivity contribution is 9.10. The molecule has 0 aliphatic heterocycles. The molecule has 1 nitrogen and oxygen atoms in total. The summed E-state index contributed by atoms with van der Waals surface area (Å²) in [5.41, 5.74) is 1.10. The minimum atomic E-state index is 0.883. The second-order valence-electron chi connectivity index (χ2n) is 2.39. The fourth-order valence-corrected chi connectivity index (χ4v) is 1.73. The Labute approximate surface area is 91.5 Å². The molecule has 1 heterocycles. The van der Waals surface area contributed by atoms with E-state index in [1.165, 1.54) is 0 Å². The van der Waals surface area contributed by atoms with Crippen LogP contribution in [0.4, 0.5) is 0 Å². The molecule has 1 rings (SSSR count). The average molecular weight is 256 g/mol. The number of hydrogen-bond acceptors (Lipinski definition) is 2. The first-order valence-corrected chi connectivity index (χ1v) is 5.85. The highest BCUT2D eigenvalue weighted by Crippen LogP contribution is 2.12. The Kier molecular flexibility index (Phi) is 4.95. The fraction of sp³-hybridized carbons (Fsp3) is 0.300. The van der Waals surface area contributed by atoms with Gasteiger partial charge in [-0.1, -0.05) is 5.92 Å². The first-order valence-electron chi connectivity index (χ1n) is 3.90. The first-order chi connectivity index (χ1) is 6.33. The van der Waals surface area contributed by atoms with Crippen molar-refractivity contribution >= 4 is 27.7 Å². The number of pyridine rings is 1. The molecule has 68 valence electrons. The van der Waals surface area contributed by atoms with E-state index >= 15 is 0 Å². The van der Waals surface area contributed by atoms with Crippen molar-refractivity contribution in [3.05, 3.63) is 28.5 Å². The Morgan fingerprint density at radius 3 is 3.00 bits per heavy atom. The van der Waals surface area contributed by atoms with Crippen LogP contribution in [0, 0.1) is 11.8 Å². The predicted molar refractivity (Wildman–Crippen MR) is 61.5 cm³/mol. The van der Waals surface area contributed by atoms with Gasteiger partial charge in [-0.2, -0.15) is 0 Å². The van der Waals surface area contributed by atoms with Gasteiger partial charge in [-0.15, -0.1) is 17.7 Å². The van der Waals surface area contributed by atoms with Crippen molar-refractivity contribution in [1.82, 2.24) is 4.98 Å². The second kappa shape index (κ2) is 6.06. The van der Waals surface area contributed by atoms with Crippen LogP contribution in [0.3, 0.4) is 0 Å². The fourth-order valence-electron chi connectivity index (χ4n) is 0.771. The maximum atomic E-state index is 4.26. The molecule has 13 heavy (non-hydrogen) atoms. The molecular weight excluding hydrogens is 246 g/mol. The monoisotopic (exact) mass is 255 g/mol. The summed E-state index contributed by atoms with van der Waals surface area (Å²) in [7, 11) is 0. The van der Waals surface area contributed by atoms with E-state index in [1.54, 1.807) is 11.8 Å². The van der Waals surface area contributed by atoms with Crippen LogP contribution in [0.5, 0.6) is 0 Å². The molecule has 0 radical (unpaired) electrons. The van der Waals surface area contributed by atoms with E-state index in [1.807, 2.05) is 25.3 Å². The lowest BCUT2D eigenvalue weighted by Crippen LogP contribution is -1.85. The first kappa shape index (κ1) is 10.6. The molecule has 1 aromatic rings. The van der Waals surface area contributed by atoms with Gasteiger partial charge in [-0.25, -0.2) is 0 Å². The molecule has 3 heteroatoms. The van der Waals surface area contributed by atoms with E-state index in [2.05, 4.69) is 32.8 Å². The molecule has 0 aliphatic rings. The van der Waals surface area contributed by atoms with E-state index in [0.29, 0.717) is 0 Å². The molecule has 0 saturated heterocycles. The molecular formula is C10H10BrNS. The van der Waals surface area contributed by atoms with Crippen molar-refractivity contribution in [1.29, 1.82) is 0 Å². The number of nitrogens with zero attached hydrogens (tertiary/aromatic N) is 1. The zero-order valence-corrected chi connectivity index (χ0v) is 9.78. The van der Waals surface area contributed by atoms with E-state index < -0.39 is 0 Å². The summed E-state index contributed by atoms with van der Waals surface area (Å²) in [5, 5.41) is 0. The molecule has 0 N–H and O–H groups in total. The Balaban J connectivity index is 2.36. The highest BCUT2D eigenvalue weighted by atomic mass is 79.9. The third-order valence-electron chi connectivity index (χ3n) is 1.39. The Hall–Kier alpha value is -0.460. The number of aromatic nitrogens is 1. The van der Waals surface area contributed by atoms with Crippen molar-refractivity contribution < 1.29 is 0 Å².